The highest BCUT2D eigenvalue weighted by Gasteiger charge is 2.19. The zero-order valence-corrected chi connectivity index (χ0v) is 15.0. The van der Waals surface area contributed by atoms with Gasteiger partial charge in [-0.3, -0.25) is 9.78 Å². The fourth-order valence-corrected chi connectivity index (χ4v) is 2.81. The normalized spacial score (nSPS) is 13.6. The Morgan fingerprint density at radius 2 is 2.12 bits per heavy atom. The lowest BCUT2D eigenvalue weighted by molar-refractivity contribution is 0.0940. The Morgan fingerprint density at radius 3 is 2.80 bits per heavy atom. The summed E-state index contributed by atoms with van der Waals surface area (Å²) in [5, 5.41) is 8.24. The van der Waals surface area contributed by atoms with Gasteiger partial charge in [0.15, 0.2) is 5.65 Å². The summed E-state index contributed by atoms with van der Waals surface area (Å²) in [6.07, 6.45) is 4.40. The summed E-state index contributed by atoms with van der Waals surface area (Å²) in [6, 6.07) is 7.54. The van der Waals surface area contributed by atoms with E-state index in [0.29, 0.717) is 5.56 Å². The number of rotatable bonds is 5. The van der Waals surface area contributed by atoms with E-state index in [-0.39, 0.29) is 18.0 Å². The van der Waals surface area contributed by atoms with E-state index >= 15 is 0 Å². The van der Waals surface area contributed by atoms with Crippen molar-refractivity contribution in [3.63, 3.8) is 0 Å². The standard InChI is InChI=1S/C19H23N5O/c1-5-13(3)24-18-16(11-21-24)15(10-12(2)22-18)19(25)23-14(4)17-8-6-7-9-20-17/h6-11,13-14H,5H2,1-4H3,(H,23,25)/t13-,14+/m0/s1. The number of hydrogen-bond acceptors (Lipinski definition) is 4. The lowest BCUT2D eigenvalue weighted by atomic mass is 10.1. The first kappa shape index (κ1) is 17.1. The van der Waals surface area contributed by atoms with Gasteiger partial charge in [-0.2, -0.15) is 5.10 Å². The summed E-state index contributed by atoms with van der Waals surface area (Å²) in [6.45, 7) is 8.02. The van der Waals surface area contributed by atoms with Crippen LogP contribution in [0.15, 0.2) is 36.7 Å². The number of fused-ring (bicyclic) bond motifs is 1. The molecule has 0 radical (unpaired) electrons. The van der Waals surface area contributed by atoms with Crippen LogP contribution in [0.5, 0.6) is 0 Å². The van der Waals surface area contributed by atoms with Gasteiger partial charge in [0.2, 0.25) is 0 Å². The number of carbonyl (C=O) groups excluding carboxylic acids is 1. The zero-order valence-electron chi connectivity index (χ0n) is 15.0. The minimum absolute atomic E-state index is 0.141. The molecule has 3 aromatic heterocycles. The first-order valence-electron chi connectivity index (χ1n) is 8.58. The van der Waals surface area contributed by atoms with Crippen LogP contribution < -0.4 is 5.32 Å². The Morgan fingerprint density at radius 1 is 1.32 bits per heavy atom. The van der Waals surface area contributed by atoms with Gasteiger partial charge in [0.1, 0.15) is 0 Å². The van der Waals surface area contributed by atoms with E-state index in [1.807, 2.05) is 42.8 Å². The second kappa shape index (κ2) is 7.01. The fourth-order valence-electron chi connectivity index (χ4n) is 2.81. The highest BCUT2D eigenvalue weighted by Crippen LogP contribution is 2.23. The monoisotopic (exact) mass is 337 g/mol. The molecule has 0 aliphatic rings. The summed E-state index contributed by atoms with van der Waals surface area (Å²) in [5.74, 6) is -0.141. The van der Waals surface area contributed by atoms with E-state index in [9.17, 15) is 4.79 Å². The molecule has 3 aromatic rings. The zero-order chi connectivity index (χ0) is 18.0. The van der Waals surface area contributed by atoms with Crippen LogP contribution in [0.3, 0.4) is 0 Å². The third kappa shape index (κ3) is 3.38. The van der Waals surface area contributed by atoms with Crippen LogP contribution in [0, 0.1) is 6.92 Å². The molecule has 0 unspecified atom stereocenters. The summed E-state index contributed by atoms with van der Waals surface area (Å²) in [4.78, 5) is 21.7. The Balaban J connectivity index is 1.95. The predicted octanol–water partition coefficient (Wildman–Crippen LogP) is 3.60. The van der Waals surface area contributed by atoms with Crippen LogP contribution in [0.25, 0.3) is 11.0 Å². The molecule has 3 heterocycles. The molecular weight excluding hydrogens is 314 g/mol. The molecule has 3 rings (SSSR count). The molecule has 0 saturated carbocycles. The molecule has 0 aromatic carbocycles. The molecule has 130 valence electrons. The maximum absolute atomic E-state index is 12.8. The number of carbonyl (C=O) groups is 1. The van der Waals surface area contributed by atoms with Gasteiger partial charge in [-0.25, -0.2) is 9.67 Å². The topological polar surface area (TPSA) is 72.7 Å². The first-order chi connectivity index (χ1) is 12.0. The van der Waals surface area contributed by atoms with Crippen LogP contribution in [-0.4, -0.2) is 25.7 Å². The SMILES string of the molecule is CC[C@H](C)n1ncc2c(C(=O)N[C@H](C)c3ccccn3)cc(C)nc21. The van der Waals surface area contributed by atoms with Gasteiger partial charge in [-0.05, 0) is 45.4 Å². The van der Waals surface area contributed by atoms with Crippen molar-refractivity contribution in [1.82, 2.24) is 25.1 Å². The van der Waals surface area contributed by atoms with Crippen molar-refractivity contribution in [2.45, 2.75) is 46.2 Å². The van der Waals surface area contributed by atoms with Gasteiger partial charge in [0.25, 0.3) is 5.91 Å². The highest BCUT2D eigenvalue weighted by atomic mass is 16.1. The molecule has 0 aliphatic carbocycles. The Bertz CT molecular complexity index is 887. The van der Waals surface area contributed by atoms with Crippen LogP contribution in [-0.2, 0) is 0 Å². The van der Waals surface area contributed by atoms with E-state index in [0.717, 1.165) is 28.8 Å². The Hall–Kier alpha value is -2.76. The van der Waals surface area contributed by atoms with Gasteiger partial charge in [0, 0.05) is 11.9 Å². The smallest absolute Gasteiger partial charge is 0.252 e. The largest absolute Gasteiger partial charge is 0.344 e. The van der Waals surface area contributed by atoms with Crippen molar-refractivity contribution < 1.29 is 4.79 Å². The number of aryl methyl sites for hydroxylation is 1. The number of hydrogen-bond donors (Lipinski definition) is 1. The minimum atomic E-state index is -0.179. The minimum Gasteiger partial charge on any atom is -0.344 e. The predicted molar refractivity (Wildman–Crippen MR) is 97.4 cm³/mol. The van der Waals surface area contributed by atoms with Crippen LogP contribution in [0.4, 0.5) is 0 Å². The van der Waals surface area contributed by atoms with E-state index in [1.54, 1.807) is 12.4 Å². The highest BCUT2D eigenvalue weighted by molar-refractivity contribution is 6.05. The second-order valence-electron chi connectivity index (χ2n) is 6.34. The van der Waals surface area contributed by atoms with Gasteiger partial charge in [0.05, 0.1) is 34.9 Å². The number of amides is 1. The fraction of sp³-hybridized carbons (Fsp3) is 0.368. The molecule has 0 aliphatic heterocycles. The maximum atomic E-state index is 12.8. The van der Waals surface area contributed by atoms with Gasteiger partial charge in [-0.15, -0.1) is 0 Å². The van der Waals surface area contributed by atoms with Crippen molar-refractivity contribution in [3.05, 3.63) is 53.6 Å². The van der Waals surface area contributed by atoms with Gasteiger partial charge < -0.3 is 5.32 Å². The lowest BCUT2D eigenvalue weighted by Gasteiger charge is -2.14. The van der Waals surface area contributed by atoms with Crippen LogP contribution in [0.1, 0.15) is 61.0 Å². The lowest BCUT2D eigenvalue weighted by Crippen LogP contribution is -2.27. The summed E-state index contributed by atoms with van der Waals surface area (Å²) >= 11 is 0. The molecule has 0 spiro atoms. The molecule has 25 heavy (non-hydrogen) atoms. The van der Waals surface area contributed by atoms with Gasteiger partial charge >= 0.3 is 0 Å². The maximum Gasteiger partial charge on any atom is 0.252 e. The van der Waals surface area contributed by atoms with Crippen molar-refractivity contribution in [1.29, 1.82) is 0 Å². The molecule has 2 atom stereocenters. The summed E-state index contributed by atoms with van der Waals surface area (Å²) in [5.41, 5.74) is 2.98. The molecular formula is C19H23N5O. The number of pyridine rings is 2. The quantitative estimate of drug-likeness (QED) is 0.772. The molecule has 0 bridgehead atoms. The Labute approximate surface area is 147 Å². The number of nitrogens with zero attached hydrogens (tertiary/aromatic N) is 4. The first-order valence-corrected chi connectivity index (χ1v) is 8.58. The third-order valence-electron chi connectivity index (χ3n) is 4.43. The van der Waals surface area contributed by atoms with Crippen LogP contribution >= 0.6 is 0 Å². The van der Waals surface area contributed by atoms with E-state index in [1.165, 1.54) is 0 Å². The molecule has 0 fully saturated rings. The van der Waals surface area contributed by atoms with E-state index < -0.39 is 0 Å². The molecule has 0 saturated heterocycles. The molecule has 6 nitrogen and oxygen atoms in total. The van der Waals surface area contributed by atoms with E-state index in [2.05, 4.69) is 34.2 Å². The third-order valence-corrected chi connectivity index (χ3v) is 4.43. The van der Waals surface area contributed by atoms with E-state index in [4.69, 9.17) is 0 Å². The van der Waals surface area contributed by atoms with Gasteiger partial charge in [-0.1, -0.05) is 13.0 Å². The van der Waals surface area contributed by atoms with Crippen molar-refractivity contribution >= 4 is 16.9 Å². The number of aromatic nitrogens is 4. The van der Waals surface area contributed by atoms with Crippen LogP contribution in [0.2, 0.25) is 0 Å². The molecule has 1 amide bonds. The average molecular weight is 337 g/mol. The van der Waals surface area contributed by atoms with Crippen molar-refractivity contribution in [3.8, 4) is 0 Å². The summed E-state index contributed by atoms with van der Waals surface area (Å²) < 4.78 is 1.89. The Kier molecular flexibility index (Phi) is 4.79. The second-order valence-corrected chi connectivity index (χ2v) is 6.34. The van der Waals surface area contributed by atoms with Crippen molar-refractivity contribution in [2.75, 3.05) is 0 Å². The summed E-state index contributed by atoms with van der Waals surface area (Å²) in [7, 11) is 0. The number of nitrogens with one attached hydrogen (secondary N) is 1. The molecule has 6 heteroatoms. The molecule has 1 N–H and O–H groups in total. The van der Waals surface area contributed by atoms with Crippen molar-refractivity contribution in [2.24, 2.45) is 0 Å². The average Bonchev–Trinajstić information content (AvgIpc) is 3.04.